The number of hydrogen-bond donors (Lipinski definition) is 0. The van der Waals surface area contributed by atoms with Crippen LogP contribution in [0.5, 0.6) is 0 Å². The van der Waals surface area contributed by atoms with E-state index in [-0.39, 0.29) is 0 Å². The van der Waals surface area contributed by atoms with Crippen LogP contribution >= 0.6 is 11.9 Å². The van der Waals surface area contributed by atoms with Gasteiger partial charge in [-0.1, -0.05) is 85.4 Å². The SMILES string of the molecule is C=C1C=CSN(c2nc(-c3ccccc3)cc(-c3ccccc3)n2)c2ccccc21. The van der Waals surface area contributed by atoms with E-state index >= 15 is 0 Å². The Labute approximate surface area is 180 Å². The van der Waals surface area contributed by atoms with Gasteiger partial charge in [-0.05, 0) is 41.1 Å². The highest BCUT2D eigenvalue weighted by molar-refractivity contribution is 8.03. The molecule has 0 unspecified atom stereocenters. The van der Waals surface area contributed by atoms with Crippen LogP contribution in [0.4, 0.5) is 11.6 Å². The Hall–Kier alpha value is -3.63. The van der Waals surface area contributed by atoms with Crippen LogP contribution in [0.25, 0.3) is 28.1 Å². The van der Waals surface area contributed by atoms with Crippen molar-refractivity contribution in [3.63, 3.8) is 0 Å². The molecule has 0 radical (unpaired) electrons. The molecule has 3 nitrogen and oxygen atoms in total. The highest BCUT2D eigenvalue weighted by Crippen LogP contribution is 2.40. The molecule has 4 aromatic rings. The maximum atomic E-state index is 4.95. The second kappa shape index (κ2) is 8.01. The Morgan fingerprint density at radius 2 is 1.27 bits per heavy atom. The van der Waals surface area contributed by atoms with Gasteiger partial charge in [0.15, 0.2) is 0 Å². The smallest absolute Gasteiger partial charge is 0.241 e. The average Bonchev–Trinajstić information content (AvgIpc) is 2.99. The summed E-state index contributed by atoms with van der Waals surface area (Å²) in [4.78, 5) is 9.90. The van der Waals surface area contributed by atoms with E-state index in [2.05, 4.69) is 53.3 Å². The Morgan fingerprint density at radius 1 is 0.700 bits per heavy atom. The lowest BCUT2D eigenvalue weighted by Crippen LogP contribution is -2.11. The summed E-state index contributed by atoms with van der Waals surface area (Å²) in [5.41, 5.74) is 6.99. The van der Waals surface area contributed by atoms with E-state index < -0.39 is 0 Å². The number of para-hydroxylation sites is 1. The first kappa shape index (κ1) is 18.4. The average molecular weight is 406 g/mol. The monoisotopic (exact) mass is 405 g/mol. The van der Waals surface area contributed by atoms with Gasteiger partial charge in [-0.25, -0.2) is 14.3 Å². The first-order valence-corrected chi connectivity index (χ1v) is 10.5. The fourth-order valence-electron chi connectivity index (χ4n) is 3.44. The number of benzene rings is 3. The number of nitrogens with zero attached hydrogens (tertiary/aromatic N) is 3. The molecular formula is C26H19N3S. The van der Waals surface area contributed by atoms with E-state index in [0.29, 0.717) is 5.95 Å². The summed E-state index contributed by atoms with van der Waals surface area (Å²) in [6, 6.07) is 30.7. The topological polar surface area (TPSA) is 29.0 Å². The Balaban J connectivity index is 1.71. The van der Waals surface area contributed by atoms with E-state index in [1.807, 2.05) is 60.0 Å². The molecule has 30 heavy (non-hydrogen) atoms. The Bertz CT molecular complexity index is 1180. The highest BCUT2D eigenvalue weighted by Gasteiger charge is 2.21. The summed E-state index contributed by atoms with van der Waals surface area (Å²) in [6.45, 7) is 4.21. The predicted molar refractivity (Wildman–Crippen MR) is 127 cm³/mol. The van der Waals surface area contributed by atoms with Crippen LogP contribution in [0.3, 0.4) is 0 Å². The number of anilines is 2. The molecule has 0 fully saturated rings. The van der Waals surface area contributed by atoms with Gasteiger partial charge in [0.25, 0.3) is 0 Å². The molecule has 1 aromatic heterocycles. The maximum Gasteiger partial charge on any atom is 0.241 e. The van der Waals surface area contributed by atoms with Crippen LogP contribution in [-0.4, -0.2) is 9.97 Å². The Morgan fingerprint density at radius 3 is 1.90 bits per heavy atom. The molecule has 0 aliphatic carbocycles. The lowest BCUT2D eigenvalue weighted by atomic mass is 10.1. The van der Waals surface area contributed by atoms with E-state index in [4.69, 9.17) is 9.97 Å². The molecular weight excluding hydrogens is 386 g/mol. The highest BCUT2D eigenvalue weighted by atomic mass is 32.2. The van der Waals surface area contributed by atoms with Crippen LogP contribution in [-0.2, 0) is 0 Å². The molecule has 0 spiro atoms. The van der Waals surface area contributed by atoms with E-state index in [1.54, 1.807) is 11.9 Å². The number of rotatable bonds is 3. The van der Waals surface area contributed by atoms with Crippen molar-refractivity contribution in [3.8, 4) is 22.5 Å². The Kier molecular flexibility index (Phi) is 4.91. The molecule has 0 amide bonds. The van der Waals surface area contributed by atoms with Gasteiger partial charge >= 0.3 is 0 Å². The van der Waals surface area contributed by atoms with Gasteiger partial charge in [0.2, 0.25) is 5.95 Å². The second-order valence-electron chi connectivity index (χ2n) is 6.92. The number of hydrogen-bond acceptors (Lipinski definition) is 4. The molecule has 1 aliphatic rings. The summed E-state index contributed by atoms with van der Waals surface area (Å²) in [7, 11) is 0. The molecule has 0 saturated carbocycles. The first-order chi connectivity index (χ1) is 14.8. The van der Waals surface area contributed by atoms with Crippen LogP contribution in [0, 0.1) is 0 Å². The predicted octanol–water partition coefficient (Wildman–Crippen LogP) is 7.14. The normalized spacial score (nSPS) is 13.1. The van der Waals surface area contributed by atoms with Gasteiger partial charge in [-0.3, -0.25) is 0 Å². The molecule has 5 rings (SSSR count). The van der Waals surface area contributed by atoms with Crippen LogP contribution in [0.2, 0.25) is 0 Å². The third-order valence-electron chi connectivity index (χ3n) is 4.94. The third kappa shape index (κ3) is 3.53. The molecule has 4 heteroatoms. The van der Waals surface area contributed by atoms with Crippen LogP contribution in [0.15, 0.2) is 109 Å². The summed E-state index contributed by atoms with van der Waals surface area (Å²) in [6.07, 6.45) is 2.03. The first-order valence-electron chi connectivity index (χ1n) is 9.71. The minimum Gasteiger partial charge on any atom is -0.248 e. The molecule has 0 N–H and O–H groups in total. The zero-order valence-corrected chi connectivity index (χ0v) is 17.1. The van der Waals surface area contributed by atoms with Crippen molar-refractivity contribution in [1.82, 2.24) is 9.97 Å². The van der Waals surface area contributed by atoms with Gasteiger partial charge in [0, 0.05) is 16.7 Å². The molecule has 0 bridgehead atoms. The minimum atomic E-state index is 0.645. The fourth-order valence-corrected chi connectivity index (χ4v) is 4.23. The summed E-state index contributed by atoms with van der Waals surface area (Å²) < 4.78 is 2.07. The number of aromatic nitrogens is 2. The third-order valence-corrected chi connectivity index (χ3v) is 5.77. The van der Waals surface area contributed by atoms with Crippen molar-refractivity contribution in [2.24, 2.45) is 0 Å². The molecule has 1 aliphatic heterocycles. The molecule has 0 saturated heterocycles. The van der Waals surface area contributed by atoms with Gasteiger partial charge < -0.3 is 0 Å². The quantitative estimate of drug-likeness (QED) is 0.339. The summed E-state index contributed by atoms with van der Waals surface area (Å²) >= 11 is 1.56. The van der Waals surface area contributed by atoms with E-state index in [0.717, 1.165) is 39.3 Å². The second-order valence-corrected chi connectivity index (χ2v) is 7.76. The van der Waals surface area contributed by atoms with E-state index in [9.17, 15) is 0 Å². The number of fused-ring (bicyclic) bond motifs is 1. The lowest BCUT2D eigenvalue weighted by Gasteiger charge is -2.22. The van der Waals surface area contributed by atoms with Crippen molar-refractivity contribution >= 4 is 29.2 Å². The molecule has 0 atom stereocenters. The summed E-state index contributed by atoms with van der Waals surface area (Å²) in [5, 5.41) is 2.03. The van der Waals surface area contributed by atoms with Gasteiger partial charge in [-0.2, -0.15) is 0 Å². The zero-order valence-electron chi connectivity index (χ0n) is 16.3. The molecule has 2 heterocycles. The van der Waals surface area contributed by atoms with Crippen molar-refractivity contribution in [1.29, 1.82) is 0 Å². The number of allylic oxidation sites excluding steroid dienone is 2. The van der Waals surface area contributed by atoms with Crippen LogP contribution in [0.1, 0.15) is 5.56 Å². The maximum absolute atomic E-state index is 4.95. The van der Waals surface area contributed by atoms with Gasteiger partial charge in [0.05, 0.1) is 17.1 Å². The van der Waals surface area contributed by atoms with Crippen LogP contribution < -0.4 is 4.31 Å². The standard InChI is InChI=1S/C26H19N3S/c1-19-16-17-30-29(25-15-9-8-14-22(19)25)26-27-23(20-10-4-2-5-11-20)18-24(28-26)21-12-6-3-7-13-21/h2-18H,1H2. The lowest BCUT2D eigenvalue weighted by molar-refractivity contribution is 1.13. The fraction of sp³-hybridized carbons (Fsp3) is 0. The minimum absolute atomic E-state index is 0.645. The molecule has 3 aromatic carbocycles. The molecule has 144 valence electrons. The van der Waals surface area contributed by atoms with Crippen molar-refractivity contribution in [3.05, 3.63) is 115 Å². The zero-order chi connectivity index (χ0) is 20.3. The van der Waals surface area contributed by atoms with Gasteiger partial charge in [0.1, 0.15) is 0 Å². The van der Waals surface area contributed by atoms with Crippen molar-refractivity contribution in [2.75, 3.05) is 4.31 Å². The largest absolute Gasteiger partial charge is 0.248 e. The van der Waals surface area contributed by atoms with Gasteiger partial charge in [-0.15, -0.1) is 0 Å². The van der Waals surface area contributed by atoms with Crippen molar-refractivity contribution < 1.29 is 0 Å². The van der Waals surface area contributed by atoms with E-state index in [1.165, 1.54) is 0 Å². The van der Waals surface area contributed by atoms with Crippen molar-refractivity contribution in [2.45, 2.75) is 0 Å². The summed E-state index contributed by atoms with van der Waals surface area (Å²) in [5.74, 6) is 0.645.